The Hall–Kier alpha value is -0.0800. The minimum Gasteiger partial charge on any atom is -0.372 e. The van der Waals surface area contributed by atoms with Crippen molar-refractivity contribution < 1.29 is 4.74 Å². The highest BCUT2D eigenvalue weighted by molar-refractivity contribution is 4.92. The highest BCUT2D eigenvalue weighted by atomic mass is 16.5. The Labute approximate surface area is 49.2 Å². The van der Waals surface area contributed by atoms with Crippen LogP contribution in [0.5, 0.6) is 0 Å². The molecule has 3 atom stereocenters. The molecule has 0 saturated carbocycles. The van der Waals surface area contributed by atoms with Crippen molar-refractivity contribution in [2.24, 2.45) is 0 Å². The Morgan fingerprint density at radius 1 is 1.62 bits per heavy atom. The Kier molecular flexibility index (Phi) is 0.866. The number of ether oxygens (including phenoxy) is 1. The van der Waals surface area contributed by atoms with Crippen molar-refractivity contribution in [3.63, 3.8) is 0 Å². The van der Waals surface area contributed by atoms with Crippen LogP contribution in [0.4, 0.5) is 0 Å². The highest BCUT2D eigenvalue weighted by Crippen LogP contribution is 2.24. The van der Waals surface area contributed by atoms with Gasteiger partial charge >= 0.3 is 0 Å². The molecule has 2 heterocycles. The molecular formula is C6H11NO. The fourth-order valence-corrected chi connectivity index (χ4v) is 1.59. The van der Waals surface area contributed by atoms with Gasteiger partial charge in [-0.2, -0.15) is 0 Å². The van der Waals surface area contributed by atoms with Crippen LogP contribution in [0.3, 0.4) is 0 Å². The van der Waals surface area contributed by atoms with Gasteiger partial charge in [-0.3, -0.25) is 0 Å². The van der Waals surface area contributed by atoms with Gasteiger partial charge in [-0.25, -0.2) is 0 Å². The molecule has 0 radical (unpaired) electrons. The van der Waals surface area contributed by atoms with Gasteiger partial charge in [-0.1, -0.05) is 0 Å². The number of nitrogens with one attached hydrogen (secondary N) is 1. The van der Waals surface area contributed by atoms with E-state index in [1.54, 1.807) is 0 Å². The third-order valence-corrected chi connectivity index (χ3v) is 2.10. The Bertz CT molecular complexity index is 103. The Balaban J connectivity index is 2.11. The van der Waals surface area contributed by atoms with Crippen molar-refractivity contribution in [3.8, 4) is 0 Å². The minimum absolute atomic E-state index is 0.466. The molecule has 8 heavy (non-hydrogen) atoms. The van der Waals surface area contributed by atoms with E-state index in [4.69, 9.17) is 4.74 Å². The van der Waals surface area contributed by atoms with Gasteiger partial charge in [-0.15, -0.1) is 0 Å². The SMILES string of the molecule is CC1OC2CNC1C2. The summed E-state index contributed by atoms with van der Waals surface area (Å²) in [5.74, 6) is 0. The Morgan fingerprint density at radius 3 is 2.75 bits per heavy atom. The van der Waals surface area contributed by atoms with Gasteiger partial charge in [-0.05, 0) is 13.3 Å². The van der Waals surface area contributed by atoms with Crippen LogP contribution in [0.2, 0.25) is 0 Å². The molecule has 2 heteroatoms. The van der Waals surface area contributed by atoms with E-state index >= 15 is 0 Å². The zero-order chi connectivity index (χ0) is 5.56. The molecule has 2 nitrogen and oxygen atoms in total. The number of hydrogen-bond donors (Lipinski definition) is 1. The van der Waals surface area contributed by atoms with E-state index in [2.05, 4.69) is 12.2 Å². The van der Waals surface area contributed by atoms with Crippen LogP contribution in [0.15, 0.2) is 0 Å². The molecule has 2 rings (SSSR count). The molecule has 0 aromatic rings. The van der Waals surface area contributed by atoms with E-state index < -0.39 is 0 Å². The predicted molar refractivity (Wildman–Crippen MR) is 30.7 cm³/mol. The molecule has 0 aromatic heterocycles. The van der Waals surface area contributed by atoms with Crippen LogP contribution >= 0.6 is 0 Å². The van der Waals surface area contributed by atoms with Gasteiger partial charge in [0, 0.05) is 12.6 Å². The van der Waals surface area contributed by atoms with E-state index in [1.807, 2.05) is 0 Å². The van der Waals surface area contributed by atoms with Gasteiger partial charge in [0.25, 0.3) is 0 Å². The average molecular weight is 113 g/mol. The molecule has 2 saturated heterocycles. The molecule has 2 aliphatic rings. The number of hydrogen-bond acceptors (Lipinski definition) is 2. The maximum absolute atomic E-state index is 5.50. The summed E-state index contributed by atoms with van der Waals surface area (Å²) in [6.07, 6.45) is 2.24. The first kappa shape index (κ1) is 4.77. The van der Waals surface area contributed by atoms with Crippen molar-refractivity contribution in [2.45, 2.75) is 31.6 Å². The molecule has 0 aromatic carbocycles. The predicted octanol–water partition coefficient (Wildman–Crippen LogP) is 0.136. The van der Waals surface area contributed by atoms with Gasteiger partial charge in [0.15, 0.2) is 0 Å². The first-order valence-corrected chi connectivity index (χ1v) is 3.25. The maximum Gasteiger partial charge on any atom is 0.0719 e. The molecular weight excluding hydrogens is 102 g/mol. The number of rotatable bonds is 0. The van der Waals surface area contributed by atoms with Gasteiger partial charge < -0.3 is 10.1 Å². The van der Waals surface area contributed by atoms with Crippen LogP contribution < -0.4 is 5.32 Å². The van der Waals surface area contributed by atoms with Crippen molar-refractivity contribution in [2.75, 3.05) is 6.54 Å². The molecule has 2 aliphatic heterocycles. The second-order valence-electron chi connectivity index (χ2n) is 2.71. The lowest BCUT2D eigenvalue weighted by molar-refractivity contribution is 0.0284. The minimum atomic E-state index is 0.466. The zero-order valence-corrected chi connectivity index (χ0v) is 5.05. The largest absolute Gasteiger partial charge is 0.372 e. The Morgan fingerprint density at radius 2 is 2.50 bits per heavy atom. The molecule has 2 fully saturated rings. The topological polar surface area (TPSA) is 21.3 Å². The van der Waals surface area contributed by atoms with E-state index in [0.29, 0.717) is 18.2 Å². The van der Waals surface area contributed by atoms with Crippen molar-refractivity contribution in [1.29, 1.82) is 0 Å². The fourth-order valence-electron chi connectivity index (χ4n) is 1.59. The lowest BCUT2D eigenvalue weighted by Gasteiger charge is -2.18. The molecule has 1 N–H and O–H groups in total. The van der Waals surface area contributed by atoms with Crippen molar-refractivity contribution in [1.82, 2.24) is 5.32 Å². The highest BCUT2D eigenvalue weighted by Gasteiger charge is 2.37. The van der Waals surface area contributed by atoms with Gasteiger partial charge in [0.05, 0.1) is 12.2 Å². The number of morpholine rings is 1. The van der Waals surface area contributed by atoms with Crippen LogP contribution in [0.25, 0.3) is 0 Å². The molecule has 0 spiro atoms. The monoisotopic (exact) mass is 113 g/mol. The summed E-state index contributed by atoms with van der Waals surface area (Å²) in [6, 6.07) is 0.667. The summed E-state index contributed by atoms with van der Waals surface area (Å²) in [4.78, 5) is 0. The van der Waals surface area contributed by atoms with E-state index in [0.717, 1.165) is 6.54 Å². The lowest BCUT2D eigenvalue weighted by Crippen LogP contribution is -2.37. The van der Waals surface area contributed by atoms with E-state index in [-0.39, 0.29) is 0 Å². The maximum atomic E-state index is 5.50. The first-order chi connectivity index (χ1) is 3.86. The quantitative estimate of drug-likeness (QED) is 0.482. The summed E-state index contributed by atoms with van der Waals surface area (Å²) >= 11 is 0. The van der Waals surface area contributed by atoms with Crippen LogP contribution in [-0.2, 0) is 4.74 Å². The van der Waals surface area contributed by atoms with Crippen LogP contribution in [0, 0.1) is 0 Å². The second-order valence-corrected chi connectivity index (χ2v) is 2.71. The second kappa shape index (κ2) is 1.45. The molecule has 46 valence electrons. The first-order valence-electron chi connectivity index (χ1n) is 3.25. The molecule has 2 bridgehead atoms. The summed E-state index contributed by atoms with van der Waals surface area (Å²) in [6.45, 7) is 3.21. The summed E-state index contributed by atoms with van der Waals surface area (Å²) in [5.41, 5.74) is 0. The van der Waals surface area contributed by atoms with E-state index in [9.17, 15) is 0 Å². The summed E-state index contributed by atoms with van der Waals surface area (Å²) in [7, 11) is 0. The zero-order valence-electron chi connectivity index (χ0n) is 5.05. The van der Waals surface area contributed by atoms with Crippen LogP contribution in [-0.4, -0.2) is 24.8 Å². The molecule has 0 amide bonds. The van der Waals surface area contributed by atoms with Gasteiger partial charge in [0.1, 0.15) is 0 Å². The molecule has 0 aliphatic carbocycles. The van der Waals surface area contributed by atoms with Crippen molar-refractivity contribution >= 4 is 0 Å². The fraction of sp³-hybridized carbons (Fsp3) is 1.00. The van der Waals surface area contributed by atoms with E-state index in [1.165, 1.54) is 6.42 Å². The third kappa shape index (κ3) is 0.501. The number of fused-ring (bicyclic) bond motifs is 2. The van der Waals surface area contributed by atoms with Crippen LogP contribution in [0.1, 0.15) is 13.3 Å². The van der Waals surface area contributed by atoms with Gasteiger partial charge in [0.2, 0.25) is 0 Å². The van der Waals surface area contributed by atoms with Crippen molar-refractivity contribution in [3.05, 3.63) is 0 Å². The summed E-state index contributed by atoms with van der Waals surface area (Å²) < 4.78 is 5.50. The average Bonchev–Trinajstić information content (AvgIpc) is 2.23. The third-order valence-electron chi connectivity index (χ3n) is 2.10. The normalized spacial score (nSPS) is 52.9. The summed E-state index contributed by atoms with van der Waals surface area (Å²) in [5, 5.41) is 3.38. The smallest absolute Gasteiger partial charge is 0.0719 e. The lowest BCUT2D eigenvalue weighted by atomic mass is 10.2. The standard InChI is InChI=1S/C6H11NO/c1-4-6-2-5(8-4)3-7-6/h4-7H,2-3H2,1H3. The molecule has 3 unspecified atom stereocenters.